The molecule has 5 rings (SSSR count). The number of pyridine rings is 1. The van der Waals surface area contributed by atoms with Crippen LogP contribution in [0.5, 0.6) is 0 Å². The summed E-state index contributed by atoms with van der Waals surface area (Å²) in [4.78, 5) is 40.8. The molecule has 3 heterocycles. The van der Waals surface area contributed by atoms with Crippen LogP contribution in [0.3, 0.4) is 0 Å². The van der Waals surface area contributed by atoms with Crippen LogP contribution in [0.15, 0.2) is 79.0 Å². The van der Waals surface area contributed by atoms with Crippen molar-refractivity contribution in [2.24, 2.45) is 0 Å². The largest absolute Gasteiger partial charge is 0.416 e. The van der Waals surface area contributed by atoms with Gasteiger partial charge in [0.1, 0.15) is 11.9 Å². The standard InChI is InChI=1S/C36H42F3N5O3/c1-41(2)31-16-18-43(19-17-31)35(46)32(24-28-6-4-3-5-7-28)44(26-29-10-14-33(40-25-29)42-20-22-47-23-21-42)34(45)15-11-27-8-12-30(13-9-27)36(37,38)39/h3-15,25,31-32H,16-24,26H2,1-2H3/t32-/m0/s1. The van der Waals surface area contributed by atoms with E-state index in [-0.39, 0.29) is 12.5 Å². The van der Waals surface area contributed by atoms with Crippen molar-refractivity contribution in [1.29, 1.82) is 0 Å². The molecule has 2 aliphatic heterocycles. The lowest BCUT2D eigenvalue weighted by atomic mass is 9.99. The number of anilines is 1. The van der Waals surface area contributed by atoms with Gasteiger partial charge in [-0.15, -0.1) is 0 Å². The Bertz CT molecular complexity index is 1480. The summed E-state index contributed by atoms with van der Waals surface area (Å²) in [5, 5.41) is 0. The van der Waals surface area contributed by atoms with Gasteiger partial charge in [0, 0.05) is 57.5 Å². The number of carbonyl (C=O) groups excluding carboxylic acids is 2. The second-order valence-corrected chi connectivity index (χ2v) is 12.3. The summed E-state index contributed by atoms with van der Waals surface area (Å²) < 4.78 is 44.8. The number of morpholine rings is 1. The summed E-state index contributed by atoms with van der Waals surface area (Å²) in [6, 6.07) is 17.6. The number of ether oxygens (including phenoxy) is 1. The van der Waals surface area contributed by atoms with Gasteiger partial charge in [0.05, 0.1) is 18.8 Å². The van der Waals surface area contributed by atoms with Gasteiger partial charge in [-0.1, -0.05) is 48.5 Å². The van der Waals surface area contributed by atoms with Crippen molar-refractivity contribution in [3.63, 3.8) is 0 Å². The van der Waals surface area contributed by atoms with E-state index >= 15 is 0 Å². The molecule has 0 spiro atoms. The summed E-state index contributed by atoms with van der Waals surface area (Å²) in [7, 11) is 4.09. The van der Waals surface area contributed by atoms with E-state index in [4.69, 9.17) is 4.74 Å². The summed E-state index contributed by atoms with van der Waals surface area (Å²) in [5.41, 5.74) is 1.36. The summed E-state index contributed by atoms with van der Waals surface area (Å²) in [5.74, 6) is 0.276. The van der Waals surface area contributed by atoms with Crippen molar-refractivity contribution < 1.29 is 27.5 Å². The van der Waals surface area contributed by atoms with Crippen LogP contribution in [0.25, 0.3) is 6.08 Å². The van der Waals surface area contributed by atoms with Gasteiger partial charge in [0.15, 0.2) is 0 Å². The predicted molar refractivity (Wildman–Crippen MR) is 176 cm³/mol. The SMILES string of the molecule is CN(C)C1CCN(C(=O)[C@H](Cc2ccccc2)N(Cc2ccc(N3CCOCC3)nc2)C(=O)C=Cc2ccc(C(F)(F)F)cc2)CC1. The highest BCUT2D eigenvalue weighted by atomic mass is 19.4. The molecule has 2 aliphatic rings. The van der Waals surface area contributed by atoms with Crippen LogP contribution < -0.4 is 4.90 Å². The number of piperidine rings is 1. The van der Waals surface area contributed by atoms with Crippen molar-refractivity contribution in [2.75, 3.05) is 58.4 Å². The van der Waals surface area contributed by atoms with E-state index < -0.39 is 23.7 Å². The van der Waals surface area contributed by atoms with Crippen molar-refractivity contribution >= 4 is 23.7 Å². The van der Waals surface area contributed by atoms with Gasteiger partial charge in [-0.2, -0.15) is 13.2 Å². The van der Waals surface area contributed by atoms with E-state index in [9.17, 15) is 22.8 Å². The first-order valence-electron chi connectivity index (χ1n) is 16.0. The number of benzene rings is 2. The number of carbonyl (C=O) groups is 2. The second kappa shape index (κ2) is 15.6. The van der Waals surface area contributed by atoms with Crippen LogP contribution in [-0.2, 0) is 33.5 Å². The number of rotatable bonds is 10. The number of likely N-dealkylation sites (tertiary alicyclic amines) is 1. The minimum Gasteiger partial charge on any atom is -0.378 e. The molecule has 0 bridgehead atoms. The highest BCUT2D eigenvalue weighted by Gasteiger charge is 2.35. The van der Waals surface area contributed by atoms with E-state index in [1.165, 1.54) is 24.3 Å². The molecule has 1 aromatic heterocycles. The van der Waals surface area contributed by atoms with Gasteiger partial charge in [-0.25, -0.2) is 4.98 Å². The topological polar surface area (TPSA) is 69.2 Å². The third-order valence-electron chi connectivity index (χ3n) is 8.88. The maximum absolute atomic E-state index is 14.3. The molecular formula is C36H42F3N5O3. The Morgan fingerprint density at radius 2 is 1.62 bits per heavy atom. The lowest BCUT2D eigenvalue weighted by Gasteiger charge is -2.39. The highest BCUT2D eigenvalue weighted by Crippen LogP contribution is 2.29. The lowest BCUT2D eigenvalue weighted by Crippen LogP contribution is -2.54. The average Bonchev–Trinajstić information content (AvgIpc) is 3.09. The molecule has 0 radical (unpaired) electrons. The molecular weight excluding hydrogens is 607 g/mol. The fourth-order valence-corrected chi connectivity index (χ4v) is 6.06. The summed E-state index contributed by atoms with van der Waals surface area (Å²) >= 11 is 0. The maximum Gasteiger partial charge on any atom is 0.416 e. The zero-order chi connectivity index (χ0) is 33.4. The smallest absolute Gasteiger partial charge is 0.378 e. The van der Waals surface area contributed by atoms with Crippen molar-refractivity contribution in [3.05, 3.63) is 101 Å². The molecule has 47 heavy (non-hydrogen) atoms. The predicted octanol–water partition coefficient (Wildman–Crippen LogP) is 5.14. The highest BCUT2D eigenvalue weighted by molar-refractivity contribution is 5.95. The number of alkyl halides is 3. The van der Waals surface area contributed by atoms with E-state index in [2.05, 4.69) is 14.8 Å². The number of hydrogen-bond donors (Lipinski definition) is 0. The fourth-order valence-electron chi connectivity index (χ4n) is 6.06. The molecule has 3 aromatic rings. The minimum atomic E-state index is -4.45. The molecule has 0 saturated carbocycles. The Morgan fingerprint density at radius 1 is 0.936 bits per heavy atom. The quantitative estimate of drug-likeness (QED) is 0.284. The average molecular weight is 650 g/mol. The number of nitrogens with zero attached hydrogens (tertiary/aromatic N) is 5. The number of hydrogen-bond acceptors (Lipinski definition) is 6. The van der Waals surface area contributed by atoms with E-state index in [1.54, 1.807) is 11.1 Å². The molecule has 11 heteroatoms. The number of aromatic nitrogens is 1. The maximum atomic E-state index is 14.3. The van der Waals surface area contributed by atoms with Crippen LogP contribution in [0, 0.1) is 0 Å². The Balaban J connectivity index is 1.44. The van der Waals surface area contributed by atoms with Crippen molar-refractivity contribution in [3.8, 4) is 0 Å². The Labute approximate surface area is 274 Å². The van der Waals surface area contributed by atoms with Crippen molar-refractivity contribution in [2.45, 2.75) is 44.1 Å². The van der Waals surface area contributed by atoms with E-state index in [1.807, 2.05) is 61.5 Å². The van der Waals surface area contributed by atoms with Gasteiger partial charge >= 0.3 is 6.18 Å². The third-order valence-corrected chi connectivity index (χ3v) is 8.88. The Morgan fingerprint density at radius 3 is 2.21 bits per heavy atom. The van der Waals surface area contributed by atoms with Crippen LogP contribution in [0.1, 0.15) is 35.1 Å². The summed E-state index contributed by atoms with van der Waals surface area (Å²) in [6.07, 6.45) is 2.09. The van der Waals surface area contributed by atoms with Gasteiger partial charge in [0.25, 0.3) is 0 Å². The molecule has 8 nitrogen and oxygen atoms in total. The first-order chi connectivity index (χ1) is 22.6. The van der Waals surface area contributed by atoms with E-state index in [0.29, 0.717) is 44.3 Å². The third kappa shape index (κ3) is 9.20. The molecule has 0 unspecified atom stereocenters. The van der Waals surface area contributed by atoms with Crippen LogP contribution in [-0.4, -0.2) is 97.1 Å². The first-order valence-corrected chi connectivity index (χ1v) is 16.0. The van der Waals surface area contributed by atoms with Gasteiger partial charge in [0.2, 0.25) is 11.8 Å². The molecule has 2 fully saturated rings. The minimum absolute atomic E-state index is 0.125. The molecule has 250 valence electrons. The number of halogens is 3. The molecule has 2 aromatic carbocycles. The zero-order valence-electron chi connectivity index (χ0n) is 26.9. The van der Waals surface area contributed by atoms with E-state index in [0.717, 1.165) is 55.0 Å². The zero-order valence-corrected chi connectivity index (χ0v) is 26.9. The first kappa shape index (κ1) is 34.1. The monoisotopic (exact) mass is 649 g/mol. The normalized spacial score (nSPS) is 16.9. The molecule has 0 N–H and O–H groups in total. The molecule has 1 atom stereocenters. The molecule has 2 amide bonds. The fraction of sp³-hybridized carbons (Fsp3) is 0.417. The van der Waals surface area contributed by atoms with Gasteiger partial charge in [-0.3, -0.25) is 9.59 Å². The van der Waals surface area contributed by atoms with Crippen LogP contribution in [0.4, 0.5) is 19.0 Å². The summed E-state index contributed by atoms with van der Waals surface area (Å²) in [6.45, 7) is 4.05. The molecule has 0 aliphatic carbocycles. The Kier molecular flexibility index (Phi) is 11.3. The van der Waals surface area contributed by atoms with Crippen molar-refractivity contribution in [1.82, 2.24) is 19.7 Å². The van der Waals surface area contributed by atoms with Gasteiger partial charge in [-0.05, 0) is 67.9 Å². The van der Waals surface area contributed by atoms with Gasteiger partial charge < -0.3 is 24.3 Å². The number of amides is 2. The van der Waals surface area contributed by atoms with Crippen LogP contribution >= 0.6 is 0 Å². The lowest BCUT2D eigenvalue weighted by molar-refractivity contribution is -0.145. The second-order valence-electron chi connectivity index (χ2n) is 12.3. The van der Waals surface area contributed by atoms with Crippen LogP contribution in [0.2, 0.25) is 0 Å². The molecule has 2 saturated heterocycles. The Hall–Kier alpha value is -4.22.